The van der Waals surface area contributed by atoms with E-state index in [2.05, 4.69) is 0 Å². The number of benzene rings is 1. The van der Waals surface area contributed by atoms with Gasteiger partial charge < -0.3 is 9.64 Å². The van der Waals surface area contributed by atoms with E-state index in [0.29, 0.717) is 24.4 Å². The molecule has 4 nitrogen and oxygen atoms in total. The molecule has 0 N–H and O–H groups in total. The molecular formula is C13H17NO3. The van der Waals surface area contributed by atoms with Crippen LogP contribution in [0.2, 0.25) is 0 Å². The molecule has 0 atom stereocenters. The average molecular weight is 235 g/mol. The lowest BCUT2D eigenvalue weighted by Gasteiger charge is -2.18. The van der Waals surface area contributed by atoms with Gasteiger partial charge >= 0.3 is 0 Å². The molecule has 0 saturated heterocycles. The Labute approximate surface area is 101 Å². The van der Waals surface area contributed by atoms with Crippen LogP contribution in [-0.4, -0.2) is 36.8 Å². The molecule has 0 aromatic heterocycles. The summed E-state index contributed by atoms with van der Waals surface area (Å²) in [5.41, 5.74) is 0.540. The molecule has 0 heterocycles. The second-order valence-corrected chi connectivity index (χ2v) is 3.55. The van der Waals surface area contributed by atoms with E-state index >= 15 is 0 Å². The van der Waals surface area contributed by atoms with E-state index in [1.54, 1.807) is 29.2 Å². The number of carbonyl (C=O) groups is 2. The third-order valence-electron chi connectivity index (χ3n) is 2.47. The molecule has 1 rings (SSSR count). The Morgan fingerprint density at radius 3 is 2.65 bits per heavy atom. The minimum absolute atomic E-state index is 0.00396. The summed E-state index contributed by atoms with van der Waals surface area (Å²) in [6.45, 7) is 5.20. The summed E-state index contributed by atoms with van der Waals surface area (Å²) in [5.74, 6) is 0.488. The van der Waals surface area contributed by atoms with Gasteiger partial charge in [0.25, 0.3) is 5.91 Å². The Morgan fingerprint density at radius 2 is 2.06 bits per heavy atom. The Kier molecular flexibility index (Phi) is 5.20. The highest BCUT2D eigenvalue weighted by atomic mass is 16.5. The maximum atomic E-state index is 11.7. The Balaban J connectivity index is 2.54. The largest absolute Gasteiger partial charge is 0.484 e. The highest BCUT2D eigenvalue weighted by molar-refractivity contribution is 5.78. The van der Waals surface area contributed by atoms with Gasteiger partial charge in [-0.2, -0.15) is 0 Å². The number of ether oxygens (including phenoxy) is 1. The molecule has 1 amide bonds. The standard InChI is InChI=1S/C13H17NO3/c1-3-14(4-2)13(16)10-17-12-7-5-6-11(8-12)9-15/h5-9H,3-4,10H2,1-2H3. The van der Waals surface area contributed by atoms with Crippen LogP contribution in [0.1, 0.15) is 24.2 Å². The van der Waals surface area contributed by atoms with E-state index in [-0.39, 0.29) is 12.5 Å². The minimum atomic E-state index is -0.0495. The molecular weight excluding hydrogens is 218 g/mol. The van der Waals surface area contributed by atoms with Crippen molar-refractivity contribution in [2.24, 2.45) is 0 Å². The topological polar surface area (TPSA) is 46.6 Å². The predicted molar refractivity (Wildman–Crippen MR) is 65.3 cm³/mol. The Hall–Kier alpha value is -1.84. The van der Waals surface area contributed by atoms with Gasteiger partial charge in [0, 0.05) is 18.7 Å². The smallest absolute Gasteiger partial charge is 0.260 e. The van der Waals surface area contributed by atoms with Crippen molar-refractivity contribution in [3.63, 3.8) is 0 Å². The van der Waals surface area contributed by atoms with Gasteiger partial charge in [0.15, 0.2) is 6.61 Å². The summed E-state index contributed by atoms with van der Waals surface area (Å²) in [7, 11) is 0. The van der Waals surface area contributed by atoms with Crippen LogP contribution in [0, 0.1) is 0 Å². The zero-order chi connectivity index (χ0) is 12.7. The van der Waals surface area contributed by atoms with E-state index < -0.39 is 0 Å². The van der Waals surface area contributed by atoms with Crippen LogP contribution in [0.3, 0.4) is 0 Å². The van der Waals surface area contributed by atoms with Crippen molar-refractivity contribution in [2.75, 3.05) is 19.7 Å². The second-order valence-electron chi connectivity index (χ2n) is 3.55. The highest BCUT2D eigenvalue weighted by Gasteiger charge is 2.09. The maximum absolute atomic E-state index is 11.7. The summed E-state index contributed by atoms with van der Waals surface area (Å²) in [6.07, 6.45) is 0.749. The zero-order valence-electron chi connectivity index (χ0n) is 10.2. The fourth-order valence-corrected chi connectivity index (χ4v) is 1.49. The number of likely N-dealkylation sites (N-methyl/N-ethyl adjacent to an activating group) is 1. The van der Waals surface area contributed by atoms with E-state index in [4.69, 9.17) is 4.74 Å². The van der Waals surface area contributed by atoms with Crippen molar-refractivity contribution in [2.45, 2.75) is 13.8 Å². The predicted octanol–water partition coefficient (Wildman–Crippen LogP) is 1.75. The number of carbonyl (C=O) groups excluding carboxylic acids is 2. The first-order valence-electron chi connectivity index (χ1n) is 5.67. The van der Waals surface area contributed by atoms with Gasteiger partial charge in [0.1, 0.15) is 12.0 Å². The van der Waals surface area contributed by atoms with Crippen molar-refractivity contribution in [1.82, 2.24) is 4.90 Å². The number of amides is 1. The number of aldehydes is 1. The van der Waals surface area contributed by atoms with Crippen LogP contribution in [0.15, 0.2) is 24.3 Å². The molecule has 0 fully saturated rings. The van der Waals surface area contributed by atoms with Gasteiger partial charge in [-0.15, -0.1) is 0 Å². The number of nitrogens with zero attached hydrogens (tertiary/aromatic N) is 1. The molecule has 0 radical (unpaired) electrons. The van der Waals surface area contributed by atoms with E-state index in [1.165, 1.54) is 0 Å². The van der Waals surface area contributed by atoms with Crippen molar-refractivity contribution in [1.29, 1.82) is 0 Å². The van der Waals surface area contributed by atoms with Gasteiger partial charge in [0.2, 0.25) is 0 Å². The molecule has 0 unspecified atom stereocenters. The third kappa shape index (κ3) is 3.90. The molecule has 0 bridgehead atoms. The van der Waals surface area contributed by atoms with Crippen LogP contribution in [0.25, 0.3) is 0 Å². The van der Waals surface area contributed by atoms with Gasteiger partial charge in [0.05, 0.1) is 0 Å². The lowest BCUT2D eigenvalue weighted by atomic mass is 10.2. The van der Waals surface area contributed by atoms with Gasteiger partial charge in [-0.25, -0.2) is 0 Å². The van der Waals surface area contributed by atoms with Crippen molar-refractivity contribution in [3.8, 4) is 5.75 Å². The molecule has 0 spiro atoms. The fourth-order valence-electron chi connectivity index (χ4n) is 1.49. The van der Waals surface area contributed by atoms with Crippen LogP contribution in [-0.2, 0) is 4.79 Å². The molecule has 92 valence electrons. The summed E-state index contributed by atoms with van der Waals surface area (Å²) < 4.78 is 5.34. The summed E-state index contributed by atoms with van der Waals surface area (Å²) in [5, 5.41) is 0. The lowest BCUT2D eigenvalue weighted by Crippen LogP contribution is -2.34. The average Bonchev–Trinajstić information content (AvgIpc) is 2.38. The van der Waals surface area contributed by atoms with E-state index in [1.807, 2.05) is 13.8 Å². The second kappa shape index (κ2) is 6.68. The normalized spacial score (nSPS) is 9.76. The minimum Gasteiger partial charge on any atom is -0.484 e. The molecule has 0 aliphatic heterocycles. The molecule has 0 aliphatic rings. The van der Waals surface area contributed by atoms with Crippen molar-refractivity contribution < 1.29 is 14.3 Å². The first-order chi connectivity index (χ1) is 8.21. The van der Waals surface area contributed by atoms with Crippen LogP contribution in [0.4, 0.5) is 0 Å². The quantitative estimate of drug-likeness (QED) is 0.706. The van der Waals surface area contributed by atoms with Crippen molar-refractivity contribution in [3.05, 3.63) is 29.8 Å². The molecule has 1 aromatic carbocycles. The molecule has 4 heteroatoms. The number of hydrogen-bond donors (Lipinski definition) is 0. The first-order valence-corrected chi connectivity index (χ1v) is 5.67. The van der Waals surface area contributed by atoms with E-state index in [9.17, 15) is 9.59 Å². The van der Waals surface area contributed by atoms with Crippen molar-refractivity contribution >= 4 is 12.2 Å². The highest BCUT2D eigenvalue weighted by Crippen LogP contribution is 2.11. The number of hydrogen-bond acceptors (Lipinski definition) is 3. The van der Waals surface area contributed by atoms with Gasteiger partial charge in [-0.05, 0) is 26.0 Å². The van der Waals surface area contributed by atoms with Gasteiger partial charge in [-0.1, -0.05) is 12.1 Å². The third-order valence-corrected chi connectivity index (χ3v) is 2.47. The summed E-state index contributed by atoms with van der Waals surface area (Å²) in [6, 6.07) is 6.75. The van der Waals surface area contributed by atoms with Gasteiger partial charge in [-0.3, -0.25) is 9.59 Å². The Bertz CT molecular complexity index is 386. The summed E-state index contributed by atoms with van der Waals surface area (Å²) >= 11 is 0. The molecule has 0 aliphatic carbocycles. The summed E-state index contributed by atoms with van der Waals surface area (Å²) in [4.78, 5) is 23.9. The fraction of sp³-hybridized carbons (Fsp3) is 0.385. The van der Waals surface area contributed by atoms with Crippen LogP contribution in [0.5, 0.6) is 5.75 Å². The number of rotatable bonds is 6. The SMILES string of the molecule is CCN(CC)C(=O)COc1cccc(C=O)c1. The van der Waals surface area contributed by atoms with Crippen LogP contribution >= 0.6 is 0 Å². The Morgan fingerprint density at radius 1 is 1.35 bits per heavy atom. The zero-order valence-corrected chi connectivity index (χ0v) is 10.2. The molecule has 1 aromatic rings. The van der Waals surface area contributed by atoms with Crippen LogP contribution < -0.4 is 4.74 Å². The lowest BCUT2D eigenvalue weighted by molar-refractivity contribution is -0.132. The molecule has 0 saturated carbocycles. The monoisotopic (exact) mass is 235 g/mol. The van der Waals surface area contributed by atoms with E-state index in [0.717, 1.165) is 6.29 Å². The maximum Gasteiger partial charge on any atom is 0.260 e. The molecule has 17 heavy (non-hydrogen) atoms. The first kappa shape index (κ1) is 13.2.